The molecule has 2 N–H and O–H groups in total. The van der Waals surface area contributed by atoms with Crippen LogP contribution in [0.4, 0.5) is 0 Å². The van der Waals surface area contributed by atoms with Gasteiger partial charge in [-0.25, -0.2) is 14.6 Å². The van der Waals surface area contributed by atoms with Crippen LogP contribution in [0.5, 0.6) is 0 Å². The van der Waals surface area contributed by atoms with Crippen LogP contribution in [-0.2, 0) is 21.1 Å². The Labute approximate surface area is 227 Å². The van der Waals surface area contributed by atoms with Crippen LogP contribution in [0.15, 0.2) is 24.3 Å². The van der Waals surface area contributed by atoms with E-state index in [1.54, 1.807) is 49.9 Å². The summed E-state index contributed by atoms with van der Waals surface area (Å²) in [6, 6.07) is 6.91. The van der Waals surface area contributed by atoms with E-state index >= 15 is 0 Å². The fraction of sp³-hybridized carbons (Fsp3) is 0.682. The van der Waals surface area contributed by atoms with Gasteiger partial charge in [0.15, 0.2) is 5.44 Å². The number of aliphatic hydroxyl groups is 2. The number of aliphatic hydroxyl groups excluding tert-OH is 2. The van der Waals surface area contributed by atoms with Gasteiger partial charge in [-0.3, -0.25) is 0 Å². The van der Waals surface area contributed by atoms with Crippen molar-refractivity contribution in [2.45, 2.75) is 52.7 Å². The van der Waals surface area contributed by atoms with Gasteiger partial charge >= 0.3 is 5.97 Å². The molecule has 192 valence electrons. The summed E-state index contributed by atoms with van der Waals surface area (Å²) in [4.78, 5) is 23.3. The minimum Gasteiger partial charge on any atom is -0.455 e. The summed E-state index contributed by atoms with van der Waals surface area (Å²) in [6.45, 7) is 3.61. The fourth-order valence-corrected chi connectivity index (χ4v) is 11.4. The zero-order valence-electron chi connectivity index (χ0n) is 19.2. The fourth-order valence-electron chi connectivity index (χ4n) is 2.94. The largest absolute Gasteiger partial charge is 0.455 e. The summed E-state index contributed by atoms with van der Waals surface area (Å²) < 4.78 is 6.49. The van der Waals surface area contributed by atoms with Crippen molar-refractivity contribution in [3.63, 3.8) is 0 Å². The zero-order valence-corrected chi connectivity index (χ0v) is 24.1. The first-order chi connectivity index (χ1) is 16.4. The van der Waals surface area contributed by atoms with E-state index in [1.165, 1.54) is 23.3 Å². The molecule has 0 radical (unpaired) electrons. The zero-order chi connectivity index (χ0) is 24.3. The molecule has 1 aromatic rings. The Bertz CT molecular complexity index is 727. The molecular formula is C22H32O6S6. The lowest BCUT2D eigenvalue weighted by Crippen LogP contribution is -2.27. The third-order valence-corrected chi connectivity index (χ3v) is 14.3. The topological polar surface area (TPSA) is 85.2 Å². The van der Waals surface area contributed by atoms with Crippen molar-refractivity contribution in [3.05, 3.63) is 35.4 Å². The van der Waals surface area contributed by atoms with E-state index in [2.05, 4.69) is 0 Å². The van der Waals surface area contributed by atoms with Gasteiger partial charge in [0.1, 0.15) is 18.1 Å². The number of thioether (sulfide) groups is 6. The average molecular weight is 585 g/mol. The molecule has 2 saturated heterocycles. The summed E-state index contributed by atoms with van der Waals surface area (Å²) in [5, 5.41) is 20.3. The van der Waals surface area contributed by atoms with E-state index in [4.69, 9.17) is 14.5 Å². The molecule has 0 amide bonds. The van der Waals surface area contributed by atoms with Gasteiger partial charge < -0.3 is 14.9 Å². The molecule has 2 fully saturated rings. The summed E-state index contributed by atoms with van der Waals surface area (Å²) in [6.07, 6.45) is -1.24. The van der Waals surface area contributed by atoms with Crippen LogP contribution in [0.3, 0.4) is 0 Å². The molecule has 12 heteroatoms. The number of ether oxygens (including phenoxy) is 1. The SMILES string of the molecule is CC(O)C(OOCc1ccc(C(=O)OC(C)C(O)SCC2SCCS2)cc1)SCC1SCCS1. The van der Waals surface area contributed by atoms with Crippen molar-refractivity contribution in [3.8, 4) is 0 Å². The predicted octanol–water partition coefficient (Wildman–Crippen LogP) is 4.78. The number of benzene rings is 1. The van der Waals surface area contributed by atoms with Gasteiger partial charge in [-0.05, 0) is 31.5 Å². The normalized spacial score (nSPS) is 20.8. The van der Waals surface area contributed by atoms with Crippen molar-refractivity contribution in [2.24, 2.45) is 0 Å². The molecular weight excluding hydrogens is 553 g/mol. The number of esters is 1. The first-order valence-corrected chi connectivity index (χ1v) is 17.4. The van der Waals surface area contributed by atoms with Crippen molar-refractivity contribution < 1.29 is 29.5 Å². The van der Waals surface area contributed by atoms with E-state index in [0.717, 1.165) is 28.6 Å². The van der Waals surface area contributed by atoms with Gasteiger partial charge in [-0.2, -0.15) is 0 Å². The number of carbonyl (C=O) groups is 1. The lowest BCUT2D eigenvalue weighted by molar-refractivity contribution is -0.323. The third-order valence-electron chi connectivity index (χ3n) is 4.85. The molecule has 1 aromatic carbocycles. The minimum absolute atomic E-state index is 0.203. The molecule has 3 rings (SSSR count). The maximum atomic E-state index is 12.4. The highest BCUT2D eigenvalue weighted by Crippen LogP contribution is 2.36. The van der Waals surface area contributed by atoms with E-state index in [9.17, 15) is 15.0 Å². The van der Waals surface area contributed by atoms with Crippen LogP contribution in [0.25, 0.3) is 0 Å². The van der Waals surface area contributed by atoms with E-state index in [1.807, 2.05) is 47.0 Å². The maximum absolute atomic E-state index is 12.4. The van der Waals surface area contributed by atoms with Crippen LogP contribution < -0.4 is 0 Å². The monoisotopic (exact) mass is 584 g/mol. The Morgan fingerprint density at radius 2 is 1.53 bits per heavy atom. The first-order valence-electron chi connectivity index (χ1n) is 11.1. The number of hydrogen-bond acceptors (Lipinski definition) is 12. The number of rotatable bonds is 14. The standard InChI is InChI=1S/C22H32O6S6/c1-14(23)22(34-13-19-31-9-10-32-19)28-26-11-16-3-5-17(6-4-16)20(24)27-15(2)21(25)33-12-18-29-7-8-30-18/h3-6,14-15,18-19,21-23,25H,7-13H2,1-2H3. The van der Waals surface area contributed by atoms with Crippen LogP contribution in [-0.4, -0.2) is 82.9 Å². The predicted molar refractivity (Wildman–Crippen MR) is 151 cm³/mol. The van der Waals surface area contributed by atoms with Crippen LogP contribution in [0.1, 0.15) is 29.8 Å². The maximum Gasteiger partial charge on any atom is 0.338 e. The second kappa shape index (κ2) is 15.8. The molecule has 0 aliphatic carbocycles. The third kappa shape index (κ3) is 10.2. The summed E-state index contributed by atoms with van der Waals surface area (Å²) >= 11 is 10.7. The Hall–Kier alpha value is 0.630. The molecule has 34 heavy (non-hydrogen) atoms. The second-order valence-electron chi connectivity index (χ2n) is 7.67. The molecule has 4 atom stereocenters. The van der Waals surface area contributed by atoms with Crippen molar-refractivity contribution >= 4 is 76.5 Å². The van der Waals surface area contributed by atoms with Crippen LogP contribution >= 0.6 is 70.6 Å². The lowest BCUT2D eigenvalue weighted by atomic mass is 10.1. The summed E-state index contributed by atoms with van der Waals surface area (Å²) in [5.41, 5.74) is 0.0523. The molecule has 2 aliphatic rings. The highest BCUT2D eigenvalue weighted by molar-refractivity contribution is 8.21. The summed E-state index contributed by atoms with van der Waals surface area (Å²) in [5.74, 6) is 5.93. The van der Waals surface area contributed by atoms with Gasteiger partial charge in [0.2, 0.25) is 0 Å². The van der Waals surface area contributed by atoms with Crippen LogP contribution in [0.2, 0.25) is 0 Å². The van der Waals surface area contributed by atoms with E-state index in [0.29, 0.717) is 14.7 Å². The number of hydrogen-bond donors (Lipinski definition) is 2. The molecule has 4 unspecified atom stereocenters. The molecule has 2 heterocycles. The lowest BCUT2D eigenvalue weighted by Gasteiger charge is -2.20. The first kappa shape index (κ1) is 29.2. The van der Waals surface area contributed by atoms with Gasteiger partial charge in [-0.1, -0.05) is 12.1 Å². The molecule has 2 aliphatic heterocycles. The highest BCUT2D eigenvalue weighted by Gasteiger charge is 2.24. The molecule has 0 spiro atoms. The van der Waals surface area contributed by atoms with Gasteiger partial charge in [0, 0.05) is 34.5 Å². The van der Waals surface area contributed by atoms with Crippen molar-refractivity contribution in [1.29, 1.82) is 0 Å². The van der Waals surface area contributed by atoms with Gasteiger partial charge in [0.25, 0.3) is 0 Å². The van der Waals surface area contributed by atoms with Crippen molar-refractivity contribution in [2.75, 3.05) is 34.5 Å². The Morgan fingerprint density at radius 1 is 0.971 bits per heavy atom. The van der Waals surface area contributed by atoms with Gasteiger partial charge in [0.05, 0.1) is 20.8 Å². The van der Waals surface area contributed by atoms with Gasteiger partial charge in [-0.15, -0.1) is 70.6 Å². The Kier molecular flexibility index (Phi) is 13.6. The molecule has 0 saturated carbocycles. The van der Waals surface area contributed by atoms with E-state index < -0.39 is 29.0 Å². The molecule has 6 nitrogen and oxygen atoms in total. The van der Waals surface area contributed by atoms with E-state index in [-0.39, 0.29) is 6.61 Å². The smallest absolute Gasteiger partial charge is 0.338 e. The average Bonchev–Trinajstić information content (AvgIpc) is 3.54. The Morgan fingerprint density at radius 3 is 2.09 bits per heavy atom. The van der Waals surface area contributed by atoms with Crippen LogP contribution in [0, 0.1) is 0 Å². The van der Waals surface area contributed by atoms with Crippen molar-refractivity contribution in [1.82, 2.24) is 0 Å². The number of carbonyl (C=O) groups excluding carboxylic acids is 1. The Balaban J connectivity index is 1.36. The molecule has 0 bridgehead atoms. The molecule has 0 aromatic heterocycles. The minimum atomic E-state index is -0.749. The summed E-state index contributed by atoms with van der Waals surface area (Å²) in [7, 11) is 0. The quantitative estimate of drug-likeness (QED) is 0.137. The second-order valence-corrected chi connectivity index (χ2v) is 15.8. The highest BCUT2D eigenvalue weighted by atomic mass is 32.2.